The quantitative estimate of drug-likeness (QED) is 0.907. The van der Waals surface area contributed by atoms with Crippen LogP contribution in [0.25, 0.3) is 11.3 Å². The summed E-state index contributed by atoms with van der Waals surface area (Å²) in [5, 5.41) is 9.49. The van der Waals surface area contributed by atoms with Crippen molar-refractivity contribution in [3.8, 4) is 17.0 Å². The van der Waals surface area contributed by atoms with Gasteiger partial charge >= 0.3 is 0 Å². The molecule has 2 atom stereocenters. The molecule has 132 valence electrons. The van der Waals surface area contributed by atoms with Crippen LogP contribution in [0.1, 0.15) is 24.0 Å². The minimum Gasteiger partial charge on any atom is -0.496 e. The average molecular weight is 340 g/mol. The van der Waals surface area contributed by atoms with Crippen molar-refractivity contribution in [2.45, 2.75) is 38.1 Å². The van der Waals surface area contributed by atoms with E-state index in [0.29, 0.717) is 17.8 Å². The number of methoxy groups -OCH3 is 1. The largest absolute Gasteiger partial charge is 0.496 e. The molecule has 0 spiro atoms. The number of pyridine rings is 1. The Balaban J connectivity index is 1.50. The van der Waals surface area contributed by atoms with Gasteiger partial charge in [-0.3, -0.25) is 9.88 Å². The van der Waals surface area contributed by atoms with Gasteiger partial charge < -0.3 is 14.6 Å². The number of rotatable bonds is 5. The van der Waals surface area contributed by atoms with Crippen LogP contribution in [0.3, 0.4) is 0 Å². The van der Waals surface area contributed by atoms with Gasteiger partial charge in [-0.05, 0) is 42.7 Å². The fraction of sp³-hybridized carbons (Fsp3) is 0.450. The molecule has 0 amide bonds. The summed E-state index contributed by atoms with van der Waals surface area (Å²) >= 11 is 0. The molecule has 0 saturated carbocycles. The maximum Gasteiger partial charge on any atom is 0.124 e. The number of aliphatic hydroxyl groups excluding tert-OH is 1. The smallest absolute Gasteiger partial charge is 0.124 e. The van der Waals surface area contributed by atoms with Gasteiger partial charge in [-0.15, -0.1) is 0 Å². The molecular weight excluding hydrogens is 316 g/mol. The highest BCUT2D eigenvalue weighted by Gasteiger charge is 2.36. The summed E-state index contributed by atoms with van der Waals surface area (Å²) in [6.07, 6.45) is 4.45. The van der Waals surface area contributed by atoms with Crippen LogP contribution in [-0.4, -0.2) is 47.4 Å². The van der Waals surface area contributed by atoms with E-state index in [-0.39, 0.29) is 6.61 Å². The van der Waals surface area contributed by atoms with Gasteiger partial charge in [-0.2, -0.15) is 0 Å². The second-order valence-corrected chi connectivity index (χ2v) is 6.83. The first kappa shape index (κ1) is 16.5. The molecule has 2 unspecified atom stereocenters. The molecule has 5 nitrogen and oxygen atoms in total. The lowest BCUT2D eigenvalue weighted by Crippen LogP contribution is -2.45. The molecule has 2 aliphatic rings. The van der Waals surface area contributed by atoms with Crippen molar-refractivity contribution in [3.05, 3.63) is 47.7 Å². The highest BCUT2D eigenvalue weighted by Crippen LogP contribution is 2.31. The maximum absolute atomic E-state index is 9.49. The number of hydrogen-bond acceptors (Lipinski definition) is 5. The Labute approximate surface area is 148 Å². The summed E-state index contributed by atoms with van der Waals surface area (Å²) < 4.78 is 10.9. The van der Waals surface area contributed by atoms with Crippen LogP contribution in [0, 0.1) is 0 Å². The van der Waals surface area contributed by atoms with Gasteiger partial charge in [-0.25, -0.2) is 0 Å². The monoisotopic (exact) mass is 340 g/mol. The molecule has 2 aromatic rings. The third-order valence-corrected chi connectivity index (χ3v) is 5.33. The van der Waals surface area contributed by atoms with Crippen molar-refractivity contribution in [2.75, 3.05) is 20.3 Å². The molecule has 5 heteroatoms. The molecular formula is C20H24N2O3. The molecule has 2 aliphatic heterocycles. The molecule has 1 aromatic carbocycles. The summed E-state index contributed by atoms with van der Waals surface area (Å²) in [6, 6.07) is 11.1. The van der Waals surface area contributed by atoms with Gasteiger partial charge in [-0.1, -0.05) is 6.07 Å². The van der Waals surface area contributed by atoms with Crippen molar-refractivity contribution in [1.29, 1.82) is 0 Å². The average Bonchev–Trinajstić information content (AvgIpc) is 2.88. The Morgan fingerprint density at radius 2 is 2.00 bits per heavy atom. The van der Waals surface area contributed by atoms with E-state index >= 15 is 0 Å². The standard InChI is InChI=1S/C20H24N2O3/c1-24-20-7-3-15(8-16(20)11-23)19-6-2-14(9-21-19)10-22-17-4-5-18(22)13-25-12-17/h2-3,6-9,17-18,23H,4-5,10-13H2,1H3. The van der Waals surface area contributed by atoms with E-state index in [9.17, 15) is 5.11 Å². The topological polar surface area (TPSA) is 54.8 Å². The summed E-state index contributed by atoms with van der Waals surface area (Å²) in [5.41, 5.74) is 3.91. The summed E-state index contributed by atoms with van der Waals surface area (Å²) in [7, 11) is 1.61. The Bertz CT molecular complexity index is 716. The van der Waals surface area contributed by atoms with Gasteiger partial charge in [0.1, 0.15) is 5.75 Å². The van der Waals surface area contributed by atoms with E-state index < -0.39 is 0 Å². The fourth-order valence-corrected chi connectivity index (χ4v) is 3.93. The summed E-state index contributed by atoms with van der Waals surface area (Å²) in [6.45, 7) is 2.61. The third-order valence-electron chi connectivity index (χ3n) is 5.33. The summed E-state index contributed by atoms with van der Waals surface area (Å²) in [4.78, 5) is 7.20. The molecule has 2 saturated heterocycles. The molecule has 2 bridgehead atoms. The Morgan fingerprint density at radius 3 is 2.64 bits per heavy atom. The molecule has 0 aliphatic carbocycles. The number of aromatic nitrogens is 1. The molecule has 1 N–H and O–H groups in total. The molecule has 4 rings (SSSR count). The van der Waals surface area contributed by atoms with Gasteiger partial charge in [0.2, 0.25) is 0 Å². The van der Waals surface area contributed by atoms with E-state index in [1.165, 1.54) is 18.4 Å². The van der Waals surface area contributed by atoms with Gasteiger partial charge in [0, 0.05) is 36.0 Å². The number of nitrogens with zero attached hydrogens (tertiary/aromatic N) is 2. The van der Waals surface area contributed by atoms with Gasteiger partial charge in [0.25, 0.3) is 0 Å². The van der Waals surface area contributed by atoms with Crippen molar-refractivity contribution >= 4 is 0 Å². The van der Waals surface area contributed by atoms with Crippen LogP contribution in [0.5, 0.6) is 5.75 Å². The lowest BCUT2D eigenvalue weighted by Gasteiger charge is -2.34. The number of fused-ring (bicyclic) bond motifs is 2. The fourth-order valence-electron chi connectivity index (χ4n) is 3.93. The lowest BCUT2D eigenvalue weighted by atomic mass is 10.1. The number of aliphatic hydroxyl groups is 1. The SMILES string of the molecule is COc1ccc(-c2ccc(CN3C4CCC3COC4)cn2)cc1CO. The summed E-state index contributed by atoms with van der Waals surface area (Å²) in [5.74, 6) is 0.700. The van der Waals surface area contributed by atoms with E-state index in [4.69, 9.17) is 9.47 Å². The van der Waals surface area contributed by atoms with Crippen LogP contribution < -0.4 is 4.74 Å². The first-order valence-electron chi connectivity index (χ1n) is 8.85. The predicted octanol–water partition coefficient (Wildman–Crippen LogP) is 2.61. The Hall–Kier alpha value is -1.95. The normalized spacial score (nSPS) is 23.0. The van der Waals surface area contributed by atoms with E-state index in [1.807, 2.05) is 24.4 Å². The van der Waals surface area contributed by atoms with Gasteiger partial charge in [0.15, 0.2) is 0 Å². The molecule has 25 heavy (non-hydrogen) atoms. The number of benzene rings is 1. The molecule has 0 radical (unpaired) electrons. The van der Waals surface area contributed by atoms with Crippen molar-refractivity contribution in [1.82, 2.24) is 9.88 Å². The van der Waals surface area contributed by atoms with E-state index in [1.54, 1.807) is 7.11 Å². The van der Waals surface area contributed by atoms with Gasteiger partial charge in [0.05, 0.1) is 32.6 Å². The van der Waals surface area contributed by atoms with Crippen LogP contribution in [-0.2, 0) is 17.9 Å². The highest BCUT2D eigenvalue weighted by atomic mass is 16.5. The number of ether oxygens (including phenoxy) is 2. The van der Waals surface area contributed by atoms with E-state index in [0.717, 1.165) is 36.6 Å². The van der Waals surface area contributed by atoms with Crippen LogP contribution >= 0.6 is 0 Å². The zero-order chi connectivity index (χ0) is 17.2. The van der Waals surface area contributed by atoms with Crippen molar-refractivity contribution < 1.29 is 14.6 Å². The number of hydrogen-bond donors (Lipinski definition) is 1. The van der Waals surface area contributed by atoms with Crippen LogP contribution in [0.4, 0.5) is 0 Å². The van der Waals surface area contributed by atoms with Crippen LogP contribution in [0.15, 0.2) is 36.5 Å². The zero-order valence-electron chi connectivity index (χ0n) is 14.5. The predicted molar refractivity (Wildman–Crippen MR) is 95.3 cm³/mol. The second kappa shape index (κ2) is 7.12. The second-order valence-electron chi connectivity index (χ2n) is 6.83. The molecule has 3 heterocycles. The minimum atomic E-state index is -0.0467. The zero-order valence-corrected chi connectivity index (χ0v) is 14.5. The molecule has 1 aromatic heterocycles. The van der Waals surface area contributed by atoms with E-state index in [2.05, 4.69) is 22.0 Å². The Kier molecular flexibility index (Phi) is 4.70. The Morgan fingerprint density at radius 1 is 1.20 bits per heavy atom. The number of morpholine rings is 1. The third kappa shape index (κ3) is 3.27. The lowest BCUT2D eigenvalue weighted by molar-refractivity contribution is -0.0187. The highest BCUT2D eigenvalue weighted by molar-refractivity contribution is 5.62. The molecule has 2 fully saturated rings. The maximum atomic E-state index is 9.49. The minimum absolute atomic E-state index is 0.0467. The van der Waals surface area contributed by atoms with Crippen molar-refractivity contribution in [2.24, 2.45) is 0 Å². The van der Waals surface area contributed by atoms with Crippen molar-refractivity contribution in [3.63, 3.8) is 0 Å². The van der Waals surface area contributed by atoms with Crippen LogP contribution in [0.2, 0.25) is 0 Å². The first-order valence-corrected chi connectivity index (χ1v) is 8.85. The first-order chi connectivity index (χ1) is 12.3.